The van der Waals surface area contributed by atoms with Gasteiger partial charge in [-0.2, -0.15) is 0 Å². The van der Waals surface area contributed by atoms with Gasteiger partial charge in [-0.25, -0.2) is 0 Å². The van der Waals surface area contributed by atoms with E-state index in [0.717, 1.165) is 23.5 Å². The second-order valence-electron chi connectivity index (χ2n) is 9.95. The molecule has 0 bridgehead atoms. The number of benzene rings is 2. The number of hydrogen-bond donors (Lipinski definition) is 1. The molecule has 0 radical (unpaired) electrons. The number of rotatable bonds is 9. The fraction of sp³-hybridized carbons (Fsp3) is 0.500. The van der Waals surface area contributed by atoms with Crippen LogP contribution in [0.1, 0.15) is 66.9 Å². The second kappa shape index (κ2) is 9.98. The summed E-state index contributed by atoms with van der Waals surface area (Å²) in [5.41, 5.74) is 1.40. The molecule has 2 unspecified atom stereocenters. The van der Waals surface area contributed by atoms with Gasteiger partial charge in [0.05, 0.1) is 19.1 Å². The van der Waals surface area contributed by atoms with Gasteiger partial charge in [0.15, 0.2) is 17.3 Å². The van der Waals surface area contributed by atoms with E-state index in [-0.39, 0.29) is 12.2 Å². The topological polar surface area (TPSA) is 72.8 Å². The molecular weight excluding hydrogens is 416 g/mol. The molecule has 2 aromatic carbocycles. The maximum absolute atomic E-state index is 13.2. The van der Waals surface area contributed by atoms with E-state index in [9.17, 15) is 14.7 Å². The highest BCUT2D eigenvalue weighted by atomic mass is 16.5. The first-order chi connectivity index (χ1) is 15.9. The van der Waals surface area contributed by atoms with Crippen molar-refractivity contribution in [2.24, 2.45) is 17.3 Å². The van der Waals surface area contributed by atoms with Crippen LogP contribution < -0.4 is 9.47 Å². The summed E-state index contributed by atoms with van der Waals surface area (Å²) in [7, 11) is 1.58. The number of hydrogen-bond acceptors (Lipinski definition) is 4. The Morgan fingerprint density at radius 1 is 1.06 bits per heavy atom. The Bertz CT molecular complexity index is 986. The zero-order chi connectivity index (χ0) is 23.4. The van der Waals surface area contributed by atoms with E-state index in [1.165, 1.54) is 25.7 Å². The summed E-state index contributed by atoms with van der Waals surface area (Å²) in [6, 6.07) is 12.9. The molecule has 1 saturated carbocycles. The maximum atomic E-state index is 13.2. The number of Topliss-reactive ketones (excluding diaryl/α,β-unsaturated/α-hetero) is 1. The van der Waals surface area contributed by atoms with Crippen LogP contribution in [-0.4, -0.2) is 30.6 Å². The van der Waals surface area contributed by atoms with Crippen molar-refractivity contribution in [2.75, 3.05) is 13.7 Å². The van der Waals surface area contributed by atoms with Gasteiger partial charge in [0.25, 0.3) is 0 Å². The Hall–Kier alpha value is -2.82. The number of methoxy groups -OCH3 is 1. The summed E-state index contributed by atoms with van der Waals surface area (Å²) >= 11 is 0. The monoisotopic (exact) mass is 450 g/mol. The molecule has 2 aliphatic carbocycles. The van der Waals surface area contributed by atoms with Crippen LogP contribution in [0.25, 0.3) is 0 Å². The van der Waals surface area contributed by atoms with Crippen LogP contribution in [0, 0.1) is 17.3 Å². The molecule has 2 aromatic rings. The predicted molar refractivity (Wildman–Crippen MR) is 127 cm³/mol. The Morgan fingerprint density at radius 3 is 2.42 bits per heavy atom. The molecule has 0 heterocycles. The standard InChI is InChI=1S/C28H34O5/c1-19-6-5-7-20(14-19)12-13-33-26-15-21(10-11-25(26)32-2)24(29)18-28(27(30)31)16-22-8-3-4-9-23(22)17-28/h3-4,8-11,15,19-20H,5-7,12-14,16-18H2,1-2H3,(H,30,31). The van der Waals surface area contributed by atoms with E-state index in [1.54, 1.807) is 25.3 Å². The first-order valence-corrected chi connectivity index (χ1v) is 12.0. The molecular formula is C28H34O5. The van der Waals surface area contributed by atoms with Gasteiger partial charge >= 0.3 is 5.97 Å². The Labute approximate surface area is 196 Å². The Kier molecular flexibility index (Phi) is 7.06. The molecule has 4 rings (SSSR count). The lowest BCUT2D eigenvalue weighted by atomic mass is 9.79. The minimum Gasteiger partial charge on any atom is -0.493 e. The quantitative estimate of drug-likeness (QED) is 0.494. The number of carboxylic acids is 1. The summed E-state index contributed by atoms with van der Waals surface area (Å²) in [5, 5.41) is 10.0. The van der Waals surface area contributed by atoms with E-state index < -0.39 is 11.4 Å². The normalized spacial score (nSPS) is 21.3. The summed E-state index contributed by atoms with van der Waals surface area (Å²) in [5.74, 6) is 1.50. The highest BCUT2D eigenvalue weighted by molar-refractivity contribution is 5.99. The average Bonchev–Trinajstić information content (AvgIpc) is 3.18. The maximum Gasteiger partial charge on any atom is 0.310 e. The molecule has 0 aromatic heterocycles. The van der Waals surface area contributed by atoms with E-state index >= 15 is 0 Å². The molecule has 5 nitrogen and oxygen atoms in total. The average molecular weight is 451 g/mol. The molecule has 0 amide bonds. The summed E-state index contributed by atoms with van der Waals surface area (Å²) in [6.07, 6.45) is 6.82. The van der Waals surface area contributed by atoms with Gasteiger partial charge < -0.3 is 14.6 Å². The van der Waals surface area contributed by atoms with Crippen LogP contribution in [0.3, 0.4) is 0 Å². The first kappa shape index (κ1) is 23.3. The number of carbonyl (C=O) groups excluding carboxylic acids is 1. The van der Waals surface area contributed by atoms with Crippen molar-refractivity contribution in [2.45, 2.75) is 58.3 Å². The number of ketones is 1. The van der Waals surface area contributed by atoms with E-state index in [4.69, 9.17) is 9.47 Å². The smallest absolute Gasteiger partial charge is 0.310 e. The molecule has 1 fully saturated rings. The first-order valence-electron chi connectivity index (χ1n) is 12.0. The highest BCUT2D eigenvalue weighted by Gasteiger charge is 2.45. The molecule has 0 spiro atoms. The number of aliphatic carboxylic acids is 1. The number of carbonyl (C=O) groups is 2. The van der Waals surface area contributed by atoms with Crippen LogP contribution in [0.2, 0.25) is 0 Å². The van der Waals surface area contributed by atoms with Gasteiger partial charge in [0.2, 0.25) is 0 Å². The van der Waals surface area contributed by atoms with Gasteiger partial charge in [-0.1, -0.05) is 50.5 Å². The van der Waals surface area contributed by atoms with Gasteiger partial charge in [0, 0.05) is 12.0 Å². The Morgan fingerprint density at radius 2 is 1.79 bits per heavy atom. The van der Waals surface area contributed by atoms with Gasteiger partial charge in [-0.3, -0.25) is 9.59 Å². The van der Waals surface area contributed by atoms with Crippen LogP contribution in [-0.2, 0) is 17.6 Å². The SMILES string of the molecule is COc1ccc(C(=O)CC2(C(=O)O)Cc3ccccc3C2)cc1OCCC1CCCC(C)C1. The van der Waals surface area contributed by atoms with E-state index in [2.05, 4.69) is 6.92 Å². The number of fused-ring (bicyclic) bond motifs is 1. The van der Waals surface area contributed by atoms with Crippen LogP contribution in [0.5, 0.6) is 11.5 Å². The molecule has 0 aliphatic heterocycles. The third-order valence-electron chi connectivity index (χ3n) is 7.44. The van der Waals surface area contributed by atoms with E-state index in [1.807, 2.05) is 24.3 Å². The highest BCUT2D eigenvalue weighted by Crippen LogP contribution is 2.41. The van der Waals surface area contributed by atoms with Crippen LogP contribution >= 0.6 is 0 Å². The minimum atomic E-state index is -1.10. The van der Waals surface area contributed by atoms with Crippen molar-refractivity contribution in [3.63, 3.8) is 0 Å². The van der Waals surface area contributed by atoms with Crippen molar-refractivity contribution in [1.82, 2.24) is 0 Å². The molecule has 5 heteroatoms. The lowest BCUT2D eigenvalue weighted by molar-refractivity contribution is -0.148. The van der Waals surface area contributed by atoms with Crippen molar-refractivity contribution in [3.05, 3.63) is 59.2 Å². The molecule has 0 saturated heterocycles. The second-order valence-corrected chi connectivity index (χ2v) is 9.95. The molecule has 33 heavy (non-hydrogen) atoms. The Balaban J connectivity index is 1.45. The lowest BCUT2D eigenvalue weighted by Gasteiger charge is -2.26. The van der Waals surface area contributed by atoms with Gasteiger partial charge in [-0.05, 0) is 66.8 Å². The van der Waals surface area contributed by atoms with Crippen molar-refractivity contribution in [1.29, 1.82) is 0 Å². The zero-order valence-corrected chi connectivity index (χ0v) is 19.6. The summed E-state index contributed by atoms with van der Waals surface area (Å²) in [4.78, 5) is 25.5. The zero-order valence-electron chi connectivity index (χ0n) is 19.6. The van der Waals surface area contributed by atoms with Gasteiger partial charge in [-0.15, -0.1) is 0 Å². The molecule has 2 atom stereocenters. The van der Waals surface area contributed by atoms with Crippen LogP contribution in [0.4, 0.5) is 0 Å². The van der Waals surface area contributed by atoms with Crippen LogP contribution in [0.15, 0.2) is 42.5 Å². The van der Waals surface area contributed by atoms with E-state index in [0.29, 0.717) is 42.4 Å². The largest absolute Gasteiger partial charge is 0.493 e. The molecule has 1 N–H and O–H groups in total. The van der Waals surface area contributed by atoms with Gasteiger partial charge in [0.1, 0.15) is 0 Å². The predicted octanol–water partition coefficient (Wildman–Crippen LogP) is 5.73. The summed E-state index contributed by atoms with van der Waals surface area (Å²) < 4.78 is 11.5. The fourth-order valence-corrected chi connectivity index (χ4v) is 5.58. The molecule has 176 valence electrons. The number of ether oxygens (including phenoxy) is 2. The third-order valence-corrected chi connectivity index (χ3v) is 7.44. The fourth-order valence-electron chi connectivity index (χ4n) is 5.58. The number of carboxylic acid groups (broad SMARTS) is 1. The minimum absolute atomic E-state index is 0.0389. The van der Waals surface area contributed by atoms with Crippen molar-refractivity contribution < 1.29 is 24.2 Å². The summed E-state index contributed by atoms with van der Waals surface area (Å²) in [6.45, 7) is 2.90. The third kappa shape index (κ3) is 5.23. The van der Waals surface area contributed by atoms with Crippen molar-refractivity contribution in [3.8, 4) is 11.5 Å². The van der Waals surface area contributed by atoms with Crippen molar-refractivity contribution >= 4 is 11.8 Å². The lowest BCUT2D eigenvalue weighted by Crippen LogP contribution is -2.34. The molecule has 2 aliphatic rings.